The van der Waals surface area contributed by atoms with E-state index in [0.29, 0.717) is 0 Å². The Bertz CT molecular complexity index is 481. The Balaban J connectivity index is 2.25. The molecule has 0 unspecified atom stereocenters. The minimum atomic E-state index is -0.354. The van der Waals surface area contributed by atoms with Crippen LogP contribution in [0, 0.1) is 5.92 Å². The number of benzene rings is 2. The third kappa shape index (κ3) is 3.85. The van der Waals surface area contributed by atoms with Crippen LogP contribution in [-0.4, -0.2) is 11.2 Å². The van der Waals surface area contributed by atoms with E-state index in [1.54, 1.807) is 11.8 Å². The molecule has 0 heterocycles. The second-order valence-electron chi connectivity index (χ2n) is 5.00. The first-order valence-corrected chi connectivity index (χ1v) is 7.51. The Hall–Kier alpha value is -1.25. The summed E-state index contributed by atoms with van der Waals surface area (Å²) in [7, 11) is 0. The van der Waals surface area contributed by atoms with E-state index in [-0.39, 0.29) is 17.3 Å². The van der Waals surface area contributed by atoms with E-state index in [0.717, 1.165) is 0 Å². The van der Waals surface area contributed by atoms with E-state index in [2.05, 4.69) is 38.1 Å². The lowest BCUT2D eigenvalue weighted by Crippen LogP contribution is -2.22. The Morgan fingerprint density at radius 2 is 1.37 bits per heavy atom. The summed E-state index contributed by atoms with van der Waals surface area (Å²) in [6, 6.07) is 20.5. The highest BCUT2D eigenvalue weighted by molar-refractivity contribution is 7.99. The van der Waals surface area contributed by atoms with Gasteiger partial charge in [-0.15, -0.1) is 11.8 Å². The van der Waals surface area contributed by atoms with E-state index in [4.69, 9.17) is 0 Å². The first-order valence-electron chi connectivity index (χ1n) is 6.63. The zero-order valence-corrected chi connectivity index (χ0v) is 12.2. The molecular formula is C17H20OS. The van der Waals surface area contributed by atoms with Crippen LogP contribution in [0.2, 0.25) is 0 Å². The largest absolute Gasteiger partial charge is 0.391 e. The van der Waals surface area contributed by atoms with Gasteiger partial charge in [-0.3, -0.25) is 0 Å². The van der Waals surface area contributed by atoms with Gasteiger partial charge in [0.25, 0.3) is 0 Å². The smallest absolute Gasteiger partial charge is 0.0726 e. The highest BCUT2D eigenvalue weighted by Crippen LogP contribution is 2.39. The number of aliphatic hydroxyl groups excluding tert-OH is 1. The van der Waals surface area contributed by atoms with Crippen LogP contribution in [-0.2, 0) is 0 Å². The van der Waals surface area contributed by atoms with Crippen molar-refractivity contribution in [2.75, 3.05) is 0 Å². The van der Waals surface area contributed by atoms with Gasteiger partial charge < -0.3 is 5.11 Å². The van der Waals surface area contributed by atoms with Crippen molar-refractivity contribution in [2.24, 2.45) is 5.92 Å². The van der Waals surface area contributed by atoms with Gasteiger partial charge in [-0.05, 0) is 23.6 Å². The summed E-state index contributed by atoms with van der Waals surface area (Å²) in [6.45, 7) is 4.12. The molecule has 1 nitrogen and oxygen atoms in total. The van der Waals surface area contributed by atoms with Gasteiger partial charge in [0, 0.05) is 4.90 Å². The summed E-state index contributed by atoms with van der Waals surface area (Å²) in [5, 5.41) is 10.6. The minimum absolute atomic E-state index is 0.0728. The van der Waals surface area contributed by atoms with Crippen molar-refractivity contribution in [1.82, 2.24) is 0 Å². The maximum absolute atomic E-state index is 10.5. The monoisotopic (exact) mass is 272 g/mol. The number of hydrogen-bond donors (Lipinski definition) is 1. The van der Waals surface area contributed by atoms with Crippen LogP contribution in [0.25, 0.3) is 0 Å². The molecule has 2 aromatic rings. The summed E-state index contributed by atoms with van der Waals surface area (Å²) in [4.78, 5) is 1.19. The molecule has 0 aromatic heterocycles. The molecule has 2 rings (SSSR count). The van der Waals surface area contributed by atoms with Gasteiger partial charge in [0.1, 0.15) is 0 Å². The second kappa shape index (κ2) is 6.78. The van der Waals surface area contributed by atoms with E-state index in [1.165, 1.54) is 10.5 Å². The molecule has 2 atom stereocenters. The minimum Gasteiger partial charge on any atom is -0.391 e. The SMILES string of the molecule is CC(C)[C@@H](O)[C@@H](Sc1ccccc1)c1ccccc1. The molecule has 2 aromatic carbocycles. The summed E-state index contributed by atoms with van der Waals surface area (Å²) in [5.41, 5.74) is 1.18. The van der Waals surface area contributed by atoms with Crippen LogP contribution >= 0.6 is 11.8 Å². The van der Waals surface area contributed by atoms with E-state index < -0.39 is 0 Å². The molecule has 1 N–H and O–H groups in total. The third-order valence-corrected chi connectivity index (χ3v) is 4.48. The molecule has 0 bridgehead atoms. The molecule has 0 aliphatic heterocycles. The standard InChI is InChI=1S/C17H20OS/c1-13(2)16(18)17(14-9-5-3-6-10-14)19-15-11-7-4-8-12-15/h3-13,16-18H,1-2H3/t16-,17+/m1/s1. The van der Waals surface area contributed by atoms with Gasteiger partial charge in [0.2, 0.25) is 0 Å². The van der Waals surface area contributed by atoms with Crippen LogP contribution in [0.4, 0.5) is 0 Å². The Morgan fingerprint density at radius 3 is 1.89 bits per heavy atom. The predicted molar refractivity (Wildman–Crippen MR) is 82.3 cm³/mol. The quantitative estimate of drug-likeness (QED) is 0.807. The number of aliphatic hydroxyl groups is 1. The topological polar surface area (TPSA) is 20.2 Å². The van der Waals surface area contributed by atoms with E-state index >= 15 is 0 Å². The molecule has 100 valence electrons. The van der Waals surface area contributed by atoms with Crippen molar-refractivity contribution in [3.8, 4) is 0 Å². The first-order chi connectivity index (χ1) is 9.18. The van der Waals surface area contributed by atoms with Gasteiger partial charge in [-0.2, -0.15) is 0 Å². The fourth-order valence-corrected chi connectivity index (χ4v) is 3.33. The van der Waals surface area contributed by atoms with Crippen molar-refractivity contribution in [1.29, 1.82) is 0 Å². The molecule has 19 heavy (non-hydrogen) atoms. The Morgan fingerprint density at radius 1 is 0.842 bits per heavy atom. The predicted octanol–water partition coefficient (Wildman–Crippen LogP) is 4.54. The van der Waals surface area contributed by atoms with Gasteiger partial charge >= 0.3 is 0 Å². The lowest BCUT2D eigenvalue weighted by atomic mass is 9.99. The summed E-state index contributed by atoms with van der Waals surface area (Å²) < 4.78 is 0. The Kier molecular flexibility index (Phi) is 5.06. The van der Waals surface area contributed by atoms with Crippen LogP contribution in [0.15, 0.2) is 65.6 Å². The van der Waals surface area contributed by atoms with Gasteiger partial charge in [0.05, 0.1) is 11.4 Å². The van der Waals surface area contributed by atoms with Crippen LogP contribution in [0.3, 0.4) is 0 Å². The molecule has 0 saturated heterocycles. The van der Waals surface area contributed by atoms with Crippen LogP contribution < -0.4 is 0 Å². The molecule has 0 radical (unpaired) electrons. The molecule has 0 fully saturated rings. The fraction of sp³-hybridized carbons (Fsp3) is 0.294. The van der Waals surface area contributed by atoms with Gasteiger partial charge in [-0.1, -0.05) is 62.4 Å². The lowest BCUT2D eigenvalue weighted by molar-refractivity contribution is 0.122. The maximum Gasteiger partial charge on any atom is 0.0726 e. The molecule has 0 saturated carbocycles. The van der Waals surface area contributed by atoms with Crippen molar-refractivity contribution >= 4 is 11.8 Å². The summed E-state index contributed by atoms with van der Waals surface area (Å²) in [6.07, 6.45) is -0.354. The van der Waals surface area contributed by atoms with Gasteiger partial charge in [-0.25, -0.2) is 0 Å². The first kappa shape index (κ1) is 14.2. The molecule has 2 heteroatoms. The lowest BCUT2D eigenvalue weighted by Gasteiger charge is -2.25. The highest BCUT2D eigenvalue weighted by atomic mass is 32.2. The third-order valence-electron chi connectivity index (χ3n) is 3.13. The molecule has 0 amide bonds. The zero-order valence-electron chi connectivity index (χ0n) is 11.4. The molecule has 0 aliphatic rings. The maximum atomic E-state index is 10.5. The number of hydrogen-bond acceptors (Lipinski definition) is 2. The summed E-state index contributed by atoms with van der Waals surface area (Å²) in [5.74, 6) is 0.237. The van der Waals surface area contributed by atoms with Crippen molar-refractivity contribution in [3.05, 3.63) is 66.2 Å². The van der Waals surface area contributed by atoms with Crippen molar-refractivity contribution in [2.45, 2.75) is 30.1 Å². The average Bonchev–Trinajstić information content (AvgIpc) is 2.46. The summed E-state index contributed by atoms with van der Waals surface area (Å²) >= 11 is 1.73. The molecule has 0 spiro atoms. The van der Waals surface area contributed by atoms with E-state index in [9.17, 15) is 5.11 Å². The van der Waals surface area contributed by atoms with Crippen molar-refractivity contribution < 1.29 is 5.11 Å². The molecular weight excluding hydrogens is 252 g/mol. The fourth-order valence-electron chi connectivity index (χ4n) is 1.97. The van der Waals surface area contributed by atoms with E-state index in [1.807, 2.05) is 36.4 Å². The van der Waals surface area contributed by atoms with Crippen LogP contribution in [0.5, 0.6) is 0 Å². The van der Waals surface area contributed by atoms with Gasteiger partial charge in [0.15, 0.2) is 0 Å². The second-order valence-corrected chi connectivity index (χ2v) is 6.21. The average molecular weight is 272 g/mol. The Labute approximate surface area is 119 Å². The van der Waals surface area contributed by atoms with Crippen LogP contribution in [0.1, 0.15) is 24.7 Å². The zero-order chi connectivity index (χ0) is 13.7. The van der Waals surface area contributed by atoms with Crippen molar-refractivity contribution in [3.63, 3.8) is 0 Å². The normalized spacial score (nSPS) is 14.3. The number of thioether (sulfide) groups is 1. The number of rotatable bonds is 5. The molecule has 0 aliphatic carbocycles. The highest BCUT2D eigenvalue weighted by Gasteiger charge is 2.24.